The summed E-state index contributed by atoms with van der Waals surface area (Å²) in [5.41, 5.74) is 6.06. The monoisotopic (exact) mass is 474 g/mol. The van der Waals surface area contributed by atoms with Crippen molar-refractivity contribution in [3.8, 4) is 22.6 Å². The Balaban J connectivity index is 1.99. The maximum absolute atomic E-state index is 12.9. The maximum Gasteiger partial charge on any atom is 0.490 e. The summed E-state index contributed by atoms with van der Waals surface area (Å²) in [7, 11) is 0. The first kappa shape index (κ1) is 23.2. The summed E-state index contributed by atoms with van der Waals surface area (Å²) in [5, 5.41) is 9.27. The summed E-state index contributed by atoms with van der Waals surface area (Å²) in [4.78, 5) is 20.1. The lowest BCUT2D eigenvalue weighted by Gasteiger charge is -2.23. The van der Waals surface area contributed by atoms with E-state index in [0.29, 0.717) is 22.3 Å². The summed E-state index contributed by atoms with van der Waals surface area (Å²) in [5.74, 6) is -2.29. The third-order valence-corrected chi connectivity index (χ3v) is 5.10. The highest BCUT2D eigenvalue weighted by Crippen LogP contribution is 2.43. The second-order valence-corrected chi connectivity index (χ2v) is 8.33. The molecule has 0 saturated heterocycles. The number of ether oxygens (including phenoxy) is 1. The third kappa shape index (κ3) is 3.95. The molecule has 0 unspecified atom stereocenters. The van der Waals surface area contributed by atoms with Gasteiger partial charge in [-0.1, -0.05) is 11.2 Å². The Morgan fingerprint density at radius 2 is 1.85 bits per heavy atom. The fourth-order valence-electron chi connectivity index (χ4n) is 3.62. The molecule has 12 heteroatoms. The van der Waals surface area contributed by atoms with E-state index < -0.39 is 17.7 Å². The van der Waals surface area contributed by atoms with Crippen molar-refractivity contribution in [2.45, 2.75) is 45.5 Å². The van der Waals surface area contributed by atoms with E-state index in [1.54, 1.807) is 35.1 Å². The fraction of sp³-hybridized carbons (Fsp3) is 0.318. The topological polar surface area (TPSA) is 122 Å². The Bertz CT molecular complexity index is 1360. The van der Waals surface area contributed by atoms with E-state index in [1.807, 2.05) is 13.8 Å². The van der Waals surface area contributed by atoms with Crippen molar-refractivity contribution in [1.29, 1.82) is 0 Å². The zero-order valence-corrected chi connectivity index (χ0v) is 18.7. The quantitative estimate of drug-likeness (QED) is 0.415. The number of esters is 1. The van der Waals surface area contributed by atoms with Gasteiger partial charge in [-0.15, -0.1) is 0 Å². The SMILES string of the molecule is CC(C)n1nc(-c2noc(C(C)(C)OC(=O)C(F)(F)F)c2-c2ccccn2)c2c(N)nccc21. The van der Waals surface area contributed by atoms with E-state index in [-0.39, 0.29) is 28.9 Å². The van der Waals surface area contributed by atoms with Gasteiger partial charge in [-0.3, -0.25) is 9.67 Å². The van der Waals surface area contributed by atoms with Gasteiger partial charge in [0.1, 0.15) is 17.2 Å². The average Bonchev–Trinajstić information content (AvgIpc) is 3.36. The van der Waals surface area contributed by atoms with Crippen LogP contribution in [0.15, 0.2) is 41.2 Å². The Hall–Kier alpha value is -3.96. The van der Waals surface area contributed by atoms with Crippen LogP contribution in [0.2, 0.25) is 0 Å². The first-order valence-corrected chi connectivity index (χ1v) is 10.3. The Morgan fingerprint density at radius 3 is 2.47 bits per heavy atom. The lowest BCUT2D eigenvalue weighted by molar-refractivity contribution is -0.213. The number of nitrogens with two attached hydrogens (primary N) is 1. The average molecular weight is 474 g/mol. The first-order valence-electron chi connectivity index (χ1n) is 10.3. The second-order valence-electron chi connectivity index (χ2n) is 8.33. The Kier molecular flexibility index (Phi) is 5.54. The van der Waals surface area contributed by atoms with Crippen molar-refractivity contribution >= 4 is 22.7 Å². The molecule has 0 amide bonds. The predicted octanol–water partition coefficient (Wildman–Crippen LogP) is 4.65. The van der Waals surface area contributed by atoms with Crippen LogP contribution in [-0.2, 0) is 15.1 Å². The number of carbonyl (C=O) groups is 1. The molecule has 4 aromatic rings. The molecule has 178 valence electrons. The molecule has 0 bridgehead atoms. The van der Waals surface area contributed by atoms with Gasteiger partial charge in [-0.05, 0) is 45.9 Å². The minimum Gasteiger partial charge on any atom is -0.445 e. The Labute approximate surface area is 191 Å². The van der Waals surface area contributed by atoms with Gasteiger partial charge in [0.15, 0.2) is 11.4 Å². The molecule has 0 aliphatic carbocycles. The van der Waals surface area contributed by atoms with E-state index in [9.17, 15) is 18.0 Å². The maximum atomic E-state index is 12.9. The van der Waals surface area contributed by atoms with Crippen LogP contribution in [0.1, 0.15) is 39.5 Å². The Morgan fingerprint density at radius 1 is 1.12 bits per heavy atom. The number of anilines is 1. The van der Waals surface area contributed by atoms with Crippen molar-refractivity contribution in [1.82, 2.24) is 24.9 Å². The molecule has 4 heterocycles. The first-order chi connectivity index (χ1) is 15.9. The van der Waals surface area contributed by atoms with Crippen molar-refractivity contribution in [3.05, 3.63) is 42.4 Å². The summed E-state index contributed by atoms with van der Waals surface area (Å²) in [6, 6.07) is 6.70. The minimum absolute atomic E-state index is 0.0492. The zero-order valence-electron chi connectivity index (χ0n) is 18.7. The summed E-state index contributed by atoms with van der Waals surface area (Å²) >= 11 is 0. The van der Waals surface area contributed by atoms with Gasteiger partial charge in [0, 0.05) is 18.4 Å². The molecule has 4 rings (SSSR count). The molecule has 0 aliphatic heterocycles. The largest absolute Gasteiger partial charge is 0.490 e. The summed E-state index contributed by atoms with van der Waals surface area (Å²) in [6.45, 7) is 6.41. The molecule has 34 heavy (non-hydrogen) atoms. The molecule has 0 atom stereocenters. The van der Waals surface area contributed by atoms with Gasteiger partial charge >= 0.3 is 12.1 Å². The highest BCUT2D eigenvalue weighted by molar-refractivity contribution is 6.02. The molecule has 4 aromatic heterocycles. The van der Waals surface area contributed by atoms with Crippen LogP contribution in [-0.4, -0.2) is 37.1 Å². The number of carbonyl (C=O) groups excluding carboxylic acids is 1. The van der Waals surface area contributed by atoms with Crippen molar-refractivity contribution in [3.63, 3.8) is 0 Å². The third-order valence-electron chi connectivity index (χ3n) is 5.10. The fourth-order valence-corrected chi connectivity index (χ4v) is 3.62. The number of hydrogen-bond acceptors (Lipinski definition) is 8. The van der Waals surface area contributed by atoms with Crippen molar-refractivity contribution in [2.75, 3.05) is 5.73 Å². The number of hydrogen-bond donors (Lipinski definition) is 1. The number of halogens is 3. The molecular weight excluding hydrogens is 453 g/mol. The molecule has 2 N–H and O–H groups in total. The van der Waals surface area contributed by atoms with E-state index >= 15 is 0 Å². The number of nitrogen functional groups attached to an aromatic ring is 1. The van der Waals surface area contributed by atoms with Crippen LogP contribution >= 0.6 is 0 Å². The standard InChI is InChI=1S/C22H21F3N6O3/c1-11(2)31-13-8-10-28-19(26)15(13)16(29-31)17-14(12-7-5-6-9-27-12)18(34-30-17)21(3,4)33-20(32)22(23,24)25/h5-11H,1-4H3,(H2,26,28). The van der Waals surface area contributed by atoms with Crippen LogP contribution in [0.4, 0.5) is 19.0 Å². The number of rotatable bonds is 5. The van der Waals surface area contributed by atoms with Gasteiger partial charge in [0.05, 0.1) is 22.2 Å². The van der Waals surface area contributed by atoms with E-state index in [1.165, 1.54) is 20.0 Å². The lowest BCUT2D eigenvalue weighted by Crippen LogP contribution is -2.34. The number of alkyl halides is 3. The van der Waals surface area contributed by atoms with Gasteiger partial charge < -0.3 is 15.0 Å². The van der Waals surface area contributed by atoms with Crippen LogP contribution in [0.25, 0.3) is 33.5 Å². The minimum atomic E-state index is -5.18. The normalized spacial score (nSPS) is 12.5. The molecule has 0 aliphatic rings. The predicted molar refractivity (Wildman–Crippen MR) is 116 cm³/mol. The molecule has 9 nitrogen and oxygen atoms in total. The van der Waals surface area contributed by atoms with Gasteiger partial charge in [0.25, 0.3) is 0 Å². The lowest BCUT2D eigenvalue weighted by atomic mass is 9.96. The molecule has 0 spiro atoms. The molecular formula is C22H21F3N6O3. The zero-order chi connectivity index (χ0) is 24.8. The second kappa shape index (κ2) is 8.12. The highest BCUT2D eigenvalue weighted by atomic mass is 19.4. The molecule has 0 radical (unpaired) electrons. The van der Waals surface area contributed by atoms with Crippen LogP contribution in [0.3, 0.4) is 0 Å². The van der Waals surface area contributed by atoms with Crippen LogP contribution < -0.4 is 5.73 Å². The van der Waals surface area contributed by atoms with Gasteiger partial charge in [0.2, 0.25) is 0 Å². The molecule has 0 saturated carbocycles. The van der Waals surface area contributed by atoms with Crippen molar-refractivity contribution in [2.24, 2.45) is 0 Å². The van der Waals surface area contributed by atoms with E-state index in [4.69, 9.17) is 15.0 Å². The number of aromatic nitrogens is 5. The van der Waals surface area contributed by atoms with E-state index in [2.05, 4.69) is 20.2 Å². The summed E-state index contributed by atoms with van der Waals surface area (Å²) in [6.07, 6.45) is -2.13. The number of pyridine rings is 2. The summed E-state index contributed by atoms with van der Waals surface area (Å²) < 4.78 is 50.8. The highest BCUT2D eigenvalue weighted by Gasteiger charge is 2.46. The van der Waals surface area contributed by atoms with Gasteiger partial charge in [-0.2, -0.15) is 18.3 Å². The number of fused-ring (bicyclic) bond motifs is 1. The van der Waals surface area contributed by atoms with E-state index in [0.717, 1.165) is 0 Å². The van der Waals surface area contributed by atoms with Crippen LogP contribution in [0.5, 0.6) is 0 Å². The number of nitrogens with zero attached hydrogens (tertiary/aromatic N) is 5. The van der Waals surface area contributed by atoms with Crippen LogP contribution in [0, 0.1) is 0 Å². The molecule has 0 fully saturated rings. The smallest absolute Gasteiger partial charge is 0.445 e. The molecule has 0 aromatic carbocycles. The van der Waals surface area contributed by atoms with Crippen molar-refractivity contribution < 1.29 is 27.2 Å². The van der Waals surface area contributed by atoms with Gasteiger partial charge in [-0.25, -0.2) is 9.78 Å².